The van der Waals surface area contributed by atoms with E-state index in [1.165, 1.54) is 5.56 Å². The standard InChI is InChI=1S/C23H31N3O3/c1-4-6-16-29-22(27)20-12-7-8-13-21(20)25-23(28)24-14-15-26(5-2)19-11-9-10-18(3)17-19/h7-13,17H,4-6,14-16H2,1-3H3,(H2,24,25,28). The van der Waals surface area contributed by atoms with Gasteiger partial charge in [0.1, 0.15) is 0 Å². The summed E-state index contributed by atoms with van der Waals surface area (Å²) in [7, 11) is 0. The van der Waals surface area contributed by atoms with Crippen LogP contribution in [0.2, 0.25) is 0 Å². The number of rotatable bonds is 10. The number of nitrogens with zero attached hydrogens (tertiary/aromatic N) is 1. The van der Waals surface area contributed by atoms with Gasteiger partial charge in [-0.2, -0.15) is 0 Å². The molecule has 2 rings (SSSR count). The Morgan fingerprint density at radius 3 is 2.59 bits per heavy atom. The van der Waals surface area contributed by atoms with Crippen molar-refractivity contribution < 1.29 is 14.3 Å². The molecule has 2 aromatic rings. The van der Waals surface area contributed by atoms with Crippen molar-refractivity contribution in [2.75, 3.05) is 36.5 Å². The van der Waals surface area contributed by atoms with Gasteiger partial charge in [-0.3, -0.25) is 0 Å². The number of para-hydroxylation sites is 1. The SMILES string of the molecule is CCCCOC(=O)c1ccccc1NC(=O)NCCN(CC)c1cccc(C)c1. The number of unbranched alkanes of at least 4 members (excludes halogenated alkanes) is 1. The number of anilines is 2. The van der Waals surface area contributed by atoms with Crippen molar-refractivity contribution in [1.29, 1.82) is 0 Å². The lowest BCUT2D eigenvalue weighted by Gasteiger charge is -2.23. The first-order valence-electron chi connectivity index (χ1n) is 10.2. The molecule has 0 fully saturated rings. The number of ether oxygens (including phenoxy) is 1. The Bertz CT molecular complexity index is 807. The number of urea groups is 1. The normalized spacial score (nSPS) is 10.3. The van der Waals surface area contributed by atoms with Crippen molar-refractivity contribution >= 4 is 23.4 Å². The van der Waals surface area contributed by atoms with Crippen LogP contribution in [-0.2, 0) is 4.74 Å². The lowest BCUT2D eigenvalue weighted by Crippen LogP contribution is -2.37. The molecule has 2 amide bonds. The topological polar surface area (TPSA) is 70.7 Å². The number of hydrogen-bond acceptors (Lipinski definition) is 4. The molecule has 156 valence electrons. The summed E-state index contributed by atoms with van der Waals surface area (Å²) in [4.78, 5) is 26.8. The van der Waals surface area contributed by atoms with E-state index in [9.17, 15) is 9.59 Å². The van der Waals surface area contributed by atoms with Crippen LogP contribution in [0, 0.1) is 6.92 Å². The van der Waals surface area contributed by atoms with Gasteiger partial charge in [0.2, 0.25) is 0 Å². The van der Waals surface area contributed by atoms with E-state index in [1.54, 1.807) is 24.3 Å². The van der Waals surface area contributed by atoms with E-state index in [1.807, 2.05) is 13.0 Å². The Labute approximate surface area is 173 Å². The Morgan fingerprint density at radius 2 is 1.86 bits per heavy atom. The third-order valence-corrected chi connectivity index (χ3v) is 4.54. The fourth-order valence-corrected chi connectivity index (χ4v) is 2.92. The summed E-state index contributed by atoms with van der Waals surface area (Å²) in [6.45, 7) is 8.58. The summed E-state index contributed by atoms with van der Waals surface area (Å²) in [5.41, 5.74) is 3.13. The van der Waals surface area contributed by atoms with Crippen molar-refractivity contribution in [1.82, 2.24) is 5.32 Å². The van der Waals surface area contributed by atoms with Gasteiger partial charge in [-0.1, -0.05) is 37.6 Å². The molecule has 2 aromatic carbocycles. The number of likely N-dealkylation sites (N-methyl/N-ethyl adjacent to an activating group) is 1. The maximum Gasteiger partial charge on any atom is 0.340 e. The van der Waals surface area contributed by atoms with Crippen LogP contribution in [0.5, 0.6) is 0 Å². The summed E-state index contributed by atoms with van der Waals surface area (Å²) in [6, 6.07) is 14.8. The summed E-state index contributed by atoms with van der Waals surface area (Å²) in [5, 5.41) is 5.61. The zero-order chi connectivity index (χ0) is 21.1. The number of aryl methyl sites for hydroxylation is 1. The highest BCUT2D eigenvalue weighted by Gasteiger charge is 2.14. The van der Waals surface area contributed by atoms with Crippen LogP contribution in [0.4, 0.5) is 16.2 Å². The largest absolute Gasteiger partial charge is 0.462 e. The zero-order valence-corrected chi connectivity index (χ0v) is 17.5. The molecule has 0 aliphatic rings. The van der Waals surface area contributed by atoms with Gasteiger partial charge < -0.3 is 20.3 Å². The van der Waals surface area contributed by atoms with Crippen LogP contribution in [-0.4, -0.2) is 38.2 Å². The molecule has 0 aliphatic carbocycles. The molecule has 0 spiro atoms. The summed E-state index contributed by atoms with van der Waals surface area (Å²) >= 11 is 0. The monoisotopic (exact) mass is 397 g/mol. The van der Waals surface area contributed by atoms with Crippen molar-refractivity contribution in [3.63, 3.8) is 0 Å². The third-order valence-electron chi connectivity index (χ3n) is 4.54. The van der Waals surface area contributed by atoms with Gasteiger partial charge in [0.15, 0.2) is 0 Å². The quantitative estimate of drug-likeness (QED) is 0.454. The van der Waals surface area contributed by atoms with Gasteiger partial charge in [0.05, 0.1) is 17.9 Å². The molecule has 6 nitrogen and oxygen atoms in total. The molecule has 0 unspecified atom stereocenters. The predicted octanol–water partition coefficient (Wildman–Crippen LogP) is 4.60. The minimum atomic E-state index is -0.425. The fourth-order valence-electron chi connectivity index (χ4n) is 2.92. The van der Waals surface area contributed by atoms with Gasteiger partial charge >= 0.3 is 12.0 Å². The third kappa shape index (κ3) is 7.14. The summed E-state index contributed by atoms with van der Waals surface area (Å²) in [6.07, 6.45) is 1.77. The Morgan fingerprint density at radius 1 is 1.07 bits per heavy atom. The van der Waals surface area contributed by atoms with Gasteiger partial charge in [-0.05, 0) is 50.1 Å². The van der Waals surface area contributed by atoms with Gasteiger partial charge in [-0.25, -0.2) is 9.59 Å². The minimum absolute atomic E-state index is 0.348. The highest BCUT2D eigenvalue weighted by atomic mass is 16.5. The molecule has 0 heterocycles. The molecule has 0 bridgehead atoms. The lowest BCUT2D eigenvalue weighted by atomic mass is 10.2. The molecule has 0 atom stereocenters. The lowest BCUT2D eigenvalue weighted by molar-refractivity contribution is 0.0501. The average molecular weight is 398 g/mol. The highest BCUT2D eigenvalue weighted by molar-refractivity contribution is 6.00. The molecule has 0 saturated carbocycles. The van der Waals surface area contributed by atoms with Crippen LogP contribution < -0.4 is 15.5 Å². The fraction of sp³-hybridized carbons (Fsp3) is 0.391. The Hall–Kier alpha value is -3.02. The minimum Gasteiger partial charge on any atom is -0.462 e. The molecule has 0 radical (unpaired) electrons. The van der Waals surface area contributed by atoms with Gasteiger partial charge in [0, 0.05) is 25.3 Å². The molecule has 0 saturated heterocycles. The van der Waals surface area contributed by atoms with Crippen molar-refractivity contribution in [2.45, 2.75) is 33.6 Å². The Balaban J connectivity index is 1.88. The number of hydrogen-bond donors (Lipinski definition) is 2. The van der Waals surface area contributed by atoms with Crippen molar-refractivity contribution in [3.05, 3.63) is 59.7 Å². The van der Waals surface area contributed by atoms with Gasteiger partial charge in [-0.15, -0.1) is 0 Å². The molecule has 6 heteroatoms. The Kier molecular flexibility index (Phi) is 9.02. The van der Waals surface area contributed by atoms with E-state index in [0.29, 0.717) is 30.9 Å². The van der Waals surface area contributed by atoms with Crippen molar-refractivity contribution in [2.24, 2.45) is 0 Å². The highest BCUT2D eigenvalue weighted by Crippen LogP contribution is 2.17. The maximum absolute atomic E-state index is 12.3. The second-order valence-electron chi connectivity index (χ2n) is 6.83. The van der Waals surface area contributed by atoms with Gasteiger partial charge in [0.25, 0.3) is 0 Å². The second kappa shape index (κ2) is 11.7. The zero-order valence-electron chi connectivity index (χ0n) is 17.5. The predicted molar refractivity (Wildman–Crippen MR) is 118 cm³/mol. The van der Waals surface area contributed by atoms with Crippen LogP contribution in [0.3, 0.4) is 0 Å². The van der Waals surface area contributed by atoms with Crippen LogP contribution in [0.15, 0.2) is 48.5 Å². The molecule has 29 heavy (non-hydrogen) atoms. The number of amides is 2. The molecule has 0 aromatic heterocycles. The first-order chi connectivity index (χ1) is 14.0. The van der Waals surface area contributed by atoms with Crippen LogP contribution >= 0.6 is 0 Å². The number of benzene rings is 2. The van der Waals surface area contributed by atoms with Crippen molar-refractivity contribution in [3.8, 4) is 0 Å². The van der Waals surface area contributed by atoms with Crippen LogP contribution in [0.25, 0.3) is 0 Å². The number of carbonyl (C=O) groups is 2. The van der Waals surface area contributed by atoms with E-state index in [4.69, 9.17) is 4.74 Å². The number of esters is 1. The molecular weight excluding hydrogens is 366 g/mol. The average Bonchev–Trinajstić information content (AvgIpc) is 2.71. The smallest absolute Gasteiger partial charge is 0.340 e. The van der Waals surface area contributed by atoms with E-state index in [2.05, 4.69) is 47.6 Å². The summed E-state index contributed by atoms with van der Waals surface area (Å²) in [5.74, 6) is -0.425. The number of nitrogens with one attached hydrogen (secondary N) is 2. The second-order valence-corrected chi connectivity index (χ2v) is 6.83. The molecule has 0 aliphatic heterocycles. The van der Waals surface area contributed by atoms with Crippen LogP contribution in [0.1, 0.15) is 42.6 Å². The van der Waals surface area contributed by atoms with E-state index >= 15 is 0 Å². The maximum atomic E-state index is 12.3. The molecule has 2 N–H and O–H groups in total. The summed E-state index contributed by atoms with van der Waals surface area (Å²) < 4.78 is 5.26. The van der Waals surface area contributed by atoms with E-state index in [-0.39, 0.29) is 6.03 Å². The number of carbonyl (C=O) groups excluding carboxylic acids is 2. The van der Waals surface area contributed by atoms with E-state index in [0.717, 1.165) is 25.1 Å². The first kappa shape index (κ1) is 22.3. The van der Waals surface area contributed by atoms with E-state index < -0.39 is 5.97 Å². The molecular formula is C23H31N3O3. The first-order valence-corrected chi connectivity index (χ1v) is 10.2.